The van der Waals surface area contributed by atoms with Gasteiger partial charge in [-0.05, 0) is 15.9 Å². The zero-order valence-electron chi connectivity index (χ0n) is 11.1. The van der Waals surface area contributed by atoms with Gasteiger partial charge >= 0.3 is 0 Å². The van der Waals surface area contributed by atoms with E-state index >= 15 is 0 Å². The molecule has 9 heteroatoms. The first-order chi connectivity index (χ1) is 9.43. The fourth-order valence-electron chi connectivity index (χ4n) is 2.15. The Hall–Kier alpha value is -0.450. The molecule has 0 saturated carbocycles. The Balaban J connectivity index is 2.29. The van der Waals surface area contributed by atoms with E-state index in [1.165, 1.54) is 24.6 Å². The van der Waals surface area contributed by atoms with Gasteiger partial charge in [-0.15, -0.1) is 0 Å². The van der Waals surface area contributed by atoms with Crippen molar-refractivity contribution in [3.63, 3.8) is 0 Å². The van der Waals surface area contributed by atoms with Crippen molar-refractivity contribution in [1.82, 2.24) is 4.31 Å². The van der Waals surface area contributed by atoms with Crippen molar-refractivity contribution in [3.05, 3.63) is 16.5 Å². The summed E-state index contributed by atoms with van der Waals surface area (Å²) in [5.41, 5.74) is 0. The van der Waals surface area contributed by atoms with Crippen LogP contribution in [0.3, 0.4) is 0 Å². The summed E-state index contributed by atoms with van der Waals surface area (Å²) in [5.74, 6) is 0.182. The van der Waals surface area contributed by atoms with E-state index in [0.717, 1.165) is 0 Å². The molecule has 2 rings (SSSR count). The summed E-state index contributed by atoms with van der Waals surface area (Å²) in [7, 11) is -0.686. The van der Waals surface area contributed by atoms with Crippen LogP contribution in [0.4, 0.5) is 0 Å². The number of aliphatic hydroxyl groups excluding tert-OH is 1. The molecule has 0 spiro atoms. The van der Waals surface area contributed by atoms with Crippen LogP contribution in [0.2, 0.25) is 0 Å². The fourth-order valence-corrected chi connectivity index (χ4v) is 4.58. The van der Waals surface area contributed by atoms with Crippen LogP contribution in [0.25, 0.3) is 0 Å². The predicted molar refractivity (Wildman–Crippen MR) is 72.7 cm³/mol. The number of ether oxygens (including phenoxy) is 2. The summed E-state index contributed by atoms with van der Waals surface area (Å²) >= 11 is 3.06. The van der Waals surface area contributed by atoms with E-state index in [4.69, 9.17) is 19.0 Å². The highest BCUT2D eigenvalue weighted by molar-refractivity contribution is 9.10. The Morgan fingerprint density at radius 2 is 1.95 bits per heavy atom. The number of hydrogen-bond acceptors (Lipinski definition) is 6. The maximum absolute atomic E-state index is 12.6. The highest BCUT2D eigenvalue weighted by atomic mass is 79.9. The summed E-state index contributed by atoms with van der Waals surface area (Å²) in [5, 5.41) is 9.00. The molecule has 20 heavy (non-hydrogen) atoms. The zero-order chi connectivity index (χ0) is 14.9. The summed E-state index contributed by atoms with van der Waals surface area (Å²) in [6, 6.07) is 1.31. The lowest BCUT2D eigenvalue weighted by atomic mass is 10.3. The highest BCUT2D eigenvalue weighted by Gasteiger charge is 2.41. The van der Waals surface area contributed by atoms with Crippen LogP contribution in [0.1, 0.15) is 5.76 Å². The fraction of sp³-hybridized carbons (Fsp3) is 0.636. The van der Waals surface area contributed by atoms with Gasteiger partial charge in [0.05, 0.1) is 12.2 Å². The maximum Gasteiger partial charge on any atom is 0.247 e. The smallest absolute Gasteiger partial charge is 0.247 e. The summed E-state index contributed by atoms with van der Waals surface area (Å²) in [6.45, 7) is 0.0579. The minimum atomic E-state index is -3.72. The number of nitrogens with zero attached hydrogens (tertiary/aromatic N) is 1. The third-order valence-electron chi connectivity index (χ3n) is 3.27. The van der Waals surface area contributed by atoms with E-state index in [1.54, 1.807) is 0 Å². The molecule has 1 aromatic rings. The molecular weight excluding hydrogens is 354 g/mol. The van der Waals surface area contributed by atoms with E-state index in [2.05, 4.69) is 15.9 Å². The number of halogens is 1. The number of aliphatic hydroxyl groups is 1. The first-order valence-corrected chi connectivity index (χ1v) is 8.12. The Labute approximate surface area is 125 Å². The molecule has 2 unspecified atom stereocenters. The van der Waals surface area contributed by atoms with Gasteiger partial charge in [0, 0.05) is 33.4 Å². The molecule has 7 nitrogen and oxygen atoms in total. The second-order valence-corrected chi connectivity index (χ2v) is 7.01. The summed E-state index contributed by atoms with van der Waals surface area (Å²) < 4.78 is 42.0. The molecule has 1 aromatic heterocycles. The van der Waals surface area contributed by atoms with Crippen LogP contribution in [-0.2, 0) is 26.1 Å². The lowest BCUT2D eigenvalue weighted by Gasteiger charge is -2.14. The monoisotopic (exact) mass is 369 g/mol. The van der Waals surface area contributed by atoms with E-state index < -0.39 is 10.0 Å². The van der Waals surface area contributed by atoms with Crippen molar-refractivity contribution in [2.75, 3.05) is 27.3 Å². The van der Waals surface area contributed by atoms with Gasteiger partial charge in [0.1, 0.15) is 17.3 Å². The quantitative estimate of drug-likeness (QED) is 0.815. The highest BCUT2D eigenvalue weighted by Crippen LogP contribution is 2.31. The van der Waals surface area contributed by atoms with Crippen molar-refractivity contribution >= 4 is 26.0 Å². The van der Waals surface area contributed by atoms with E-state index in [-0.39, 0.29) is 47.2 Å². The lowest BCUT2D eigenvalue weighted by molar-refractivity contribution is -0.00461. The average molecular weight is 370 g/mol. The van der Waals surface area contributed by atoms with Gasteiger partial charge in [0.15, 0.2) is 4.67 Å². The Morgan fingerprint density at radius 3 is 2.35 bits per heavy atom. The lowest BCUT2D eigenvalue weighted by Crippen LogP contribution is -2.30. The Kier molecular flexibility index (Phi) is 4.88. The number of hydrogen-bond donors (Lipinski definition) is 1. The average Bonchev–Trinajstić information content (AvgIpc) is 3.01. The summed E-state index contributed by atoms with van der Waals surface area (Å²) in [4.78, 5) is -0.00634. The van der Waals surface area contributed by atoms with Crippen molar-refractivity contribution < 1.29 is 27.4 Å². The van der Waals surface area contributed by atoms with Crippen LogP contribution in [-0.4, -0.2) is 57.3 Å². The molecule has 2 atom stereocenters. The molecule has 0 amide bonds. The minimum Gasteiger partial charge on any atom is -0.450 e. The number of rotatable bonds is 5. The Bertz CT molecular complexity index is 559. The predicted octanol–water partition coefficient (Wildman–Crippen LogP) is 0.569. The maximum atomic E-state index is 12.6. The SMILES string of the molecule is COC1CN(S(=O)(=O)c2cc(CO)oc2Br)CC1OC. The molecule has 0 aromatic carbocycles. The van der Waals surface area contributed by atoms with Gasteiger partial charge in [0.25, 0.3) is 0 Å². The summed E-state index contributed by atoms with van der Waals surface area (Å²) in [6.07, 6.45) is -0.615. The topological polar surface area (TPSA) is 89.2 Å². The Morgan fingerprint density at radius 1 is 1.40 bits per heavy atom. The van der Waals surface area contributed by atoms with Crippen LogP contribution in [0.5, 0.6) is 0 Å². The molecule has 1 aliphatic rings. The number of sulfonamides is 1. The molecule has 1 fully saturated rings. The first kappa shape index (κ1) is 15.9. The van der Waals surface area contributed by atoms with E-state index in [9.17, 15) is 8.42 Å². The molecule has 1 saturated heterocycles. The standard InChI is InChI=1S/C11H16BrNO6S/c1-17-8-4-13(5-9(8)18-2)20(15,16)10-3-7(6-14)19-11(10)12/h3,8-9,14H,4-6H2,1-2H3. The number of methoxy groups -OCH3 is 2. The van der Waals surface area contributed by atoms with E-state index in [0.29, 0.717) is 0 Å². The molecule has 1 N–H and O–H groups in total. The molecule has 0 bridgehead atoms. The minimum absolute atomic E-state index is 0.00634. The molecule has 114 valence electrons. The van der Waals surface area contributed by atoms with Gasteiger partial charge in [-0.1, -0.05) is 0 Å². The van der Waals surface area contributed by atoms with Crippen molar-refractivity contribution in [3.8, 4) is 0 Å². The van der Waals surface area contributed by atoms with Crippen molar-refractivity contribution in [1.29, 1.82) is 0 Å². The van der Waals surface area contributed by atoms with Gasteiger partial charge in [-0.3, -0.25) is 0 Å². The van der Waals surface area contributed by atoms with Gasteiger partial charge in [-0.25, -0.2) is 8.42 Å². The van der Waals surface area contributed by atoms with Gasteiger partial charge < -0.3 is 19.0 Å². The molecule has 0 aliphatic carbocycles. The normalized spacial score (nSPS) is 24.4. The van der Waals surface area contributed by atoms with Gasteiger partial charge in [-0.2, -0.15) is 4.31 Å². The van der Waals surface area contributed by atoms with Crippen LogP contribution < -0.4 is 0 Å². The second kappa shape index (κ2) is 6.12. The third-order valence-corrected chi connectivity index (χ3v) is 5.96. The molecule has 2 heterocycles. The van der Waals surface area contributed by atoms with Crippen LogP contribution in [0, 0.1) is 0 Å². The second-order valence-electron chi connectivity index (χ2n) is 4.38. The number of furan rings is 1. The first-order valence-electron chi connectivity index (χ1n) is 5.88. The van der Waals surface area contributed by atoms with E-state index in [1.807, 2.05) is 0 Å². The third kappa shape index (κ3) is 2.78. The molecule has 1 aliphatic heterocycles. The van der Waals surface area contributed by atoms with Crippen molar-refractivity contribution in [2.24, 2.45) is 0 Å². The zero-order valence-corrected chi connectivity index (χ0v) is 13.5. The van der Waals surface area contributed by atoms with Crippen molar-refractivity contribution in [2.45, 2.75) is 23.7 Å². The van der Waals surface area contributed by atoms with Crippen LogP contribution >= 0.6 is 15.9 Å². The van der Waals surface area contributed by atoms with Crippen LogP contribution in [0.15, 0.2) is 20.0 Å². The molecular formula is C11H16BrNO6S. The molecule has 0 radical (unpaired) electrons. The largest absolute Gasteiger partial charge is 0.450 e. The van der Waals surface area contributed by atoms with Gasteiger partial charge in [0.2, 0.25) is 10.0 Å².